The van der Waals surface area contributed by atoms with Gasteiger partial charge in [0.1, 0.15) is 5.82 Å². The molecule has 36 heavy (non-hydrogen) atoms. The van der Waals surface area contributed by atoms with E-state index in [2.05, 4.69) is 47.8 Å². The zero-order valence-corrected chi connectivity index (χ0v) is 22.9. The van der Waals surface area contributed by atoms with Gasteiger partial charge in [0, 0.05) is 41.7 Å². The molecule has 0 fully saturated rings. The average molecular weight is 503 g/mol. The van der Waals surface area contributed by atoms with Crippen LogP contribution in [0.1, 0.15) is 83.7 Å². The van der Waals surface area contributed by atoms with Crippen molar-refractivity contribution in [1.29, 1.82) is 0 Å². The minimum atomic E-state index is -3.28. The van der Waals surface area contributed by atoms with Gasteiger partial charge >= 0.3 is 0 Å². The van der Waals surface area contributed by atoms with E-state index in [1.165, 1.54) is 12.1 Å². The second kappa shape index (κ2) is 12.4. The Hall–Kier alpha value is -2.83. The molecule has 1 unspecified atom stereocenters. The predicted octanol–water partition coefficient (Wildman–Crippen LogP) is 6.45. The van der Waals surface area contributed by atoms with E-state index >= 15 is 4.39 Å². The Morgan fingerprint density at radius 3 is 2.39 bits per heavy atom. The fourth-order valence-corrected chi connectivity index (χ4v) is 4.38. The summed E-state index contributed by atoms with van der Waals surface area (Å²) in [5.41, 5.74) is 1.10. The van der Waals surface area contributed by atoms with E-state index < -0.39 is 23.3 Å². The number of allylic oxidation sites excluding steroid dienone is 1. The lowest BCUT2D eigenvalue weighted by atomic mass is 10.00. The molecule has 1 heterocycles. The molecular formula is C29H41F3N4. The predicted molar refractivity (Wildman–Crippen MR) is 144 cm³/mol. The summed E-state index contributed by atoms with van der Waals surface area (Å²) >= 11 is 0. The first kappa shape index (κ1) is 29.4. The molecule has 1 N–H and O–H groups in total. The summed E-state index contributed by atoms with van der Waals surface area (Å²) in [6, 6.07) is 3.80. The number of nitrogens with zero attached hydrogens (tertiary/aromatic N) is 3. The van der Waals surface area contributed by atoms with Gasteiger partial charge in [0.2, 0.25) is 0 Å². The van der Waals surface area contributed by atoms with Crippen molar-refractivity contribution in [1.82, 2.24) is 15.1 Å². The van der Waals surface area contributed by atoms with Crippen molar-refractivity contribution < 1.29 is 13.2 Å². The SMILES string of the molecule is C=C(/C=c1/c(N[C@H](C)c2cccc(C(C)(F)F)c2F)nnc(C)/c1=C/C)N(C)C(CC)CCC(C)C. The highest BCUT2D eigenvalue weighted by Gasteiger charge is 2.30. The quantitative estimate of drug-likeness (QED) is 0.383. The summed E-state index contributed by atoms with van der Waals surface area (Å²) in [7, 11) is 2.05. The fourth-order valence-electron chi connectivity index (χ4n) is 4.38. The van der Waals surface area contributed by atoms with Crippen LogP contribution in [-0.2, 0) is 5.92 Å². The van der Waals surface area contributed by atoms with Gasteiger partial charge in [-0.05, 0) is 52.0 Å². The van der Waals surface area contributed by atoms with Crippen molar-refractivity contribution in [2.75, 3.05) is 12.4 Å². The first-order valence-electron chi connectivity index (χ1n) is 12.7. The van der Waals surface area contributed by atoms with Crippen LogP contribution >= 0.6 is 0 Å². The van der Waals surface area contributed by atoms with E-state index in [-0.39, 0.29) is 5.56 Å². The Morgan fingerprint density at radius 1 is 1.17 bits per heavy atom. The molecule has 7 heteroatoms. The maximum atomic E-state index is 15.0. The Morgan fingerprint density at radius 2 is 1.83 bits per heavy atom. The lowest BCUT2D eigenvalue weighted by molar-refractivity contribution is 0.0136. The van der Waals surface area contributed by atoms with Crippen LogP contribution in [0.4, 0.5) is 19.0 Å². The monoisotopic (exact) mass is 502 g/mol. The van der Waals surface area contributed by atoms with Gasteiger partial charge in [-0.1, -0.05) is 51.6 Å². The molecule has 198 valence electrons. The molecule has 0 radical (unpaired) electrons. The summed E-state index contributed by atoms with van der Waals surface area (Å²) in [4.78, 5) is 2.19. The van der Waals surface area contributed by atoms with Crippen molar-refractivity contribution in [2.24, 2.45) is 5.92 Å². The molecule has 0 amide bonds. The topological polar surface area (TPSA) is 41.1 Å². The van der Waals surface area contributed by atoms with E-state index in [1.807, 2.05) is 33.0 Å². The van der Waals surface area contributed by atoms with Gasteiger partial charge in [-0.25, -0.2) is 13.2 Å². The van der Waals surface area contributed by atoms with Crippen molar-refractivity contribution in [3.63, 3.8) is 0 Å². The summed E-state index contributed by atoms with van der Waals surface area (Å²) in [6.45, 7) is 17.2. The van der Waals surface area contributed by atoms with Crippen LogP contribution < -0.4 is 15.8 Å². The largest absolute Gasteiger partial charge is 0.372 e. The number of nitrogens with one attached hydrogen (secondary N) is 1. The molecule has 0 saturated heterocycles. The van der Waals surface area contributed by atoms with Crippen LogP contribution in [0.3, 0.4) is 0 Å². The van der Waals surface area contributed by atoms with Crippen LogP contribution in [0.25, 0.3) is 12.2 Å². The molecule has 1 aromatic heterocycles. The second-order valence-electron chi connectivity index (χ2n) is 9.99. The van der Waals surface area contributed by atoms with Gasteiger partial charge in [-0.15, -0.1) is 5.10 Å². The first-order valence-corrected chi connectivity index (χ1v) is 12.7. The number of aromatic nitrogens is 2. The van der Waals surface area contributed by atoms with Crippen LogP contribution in [0.5, 0.6) is 0 Å². The Balaban J connectivity index is 2.51. The third-order valence-electron chi connectivity index (χ3n) is 6.71. The molecule has 0 saturated carbocycles. The lowest BCUT2D eigenvalue weighted by Crippen LogP contribution is -2.36. The van der Waals surface area contributed by atoms with Gasteiger partial charge in [-0.2, -0.15) is 5.10 Å². The fraction of sp³-hybridized carbons (Fsp3) is 0.517. The molecule has 0 aliphatic carbocycles. The molecule has 2 aromatic rings. The van der Waals surface area contributed by atoms with Gasteiger partial charge < -0.3 is 10.2 Å². The summed E-state index contributed by atoms with van der Waals surface area (Å²) in [6.07, 6.45) is 7.12. The first-order chi connectivity index (χ1) is 16.8. The van der Waals surface area contributed by atoms with Crippen molar-refractivity contribution in [3.05, 3.63) is 63.6 Å². The molecule has 2 atom stereocenters. The second-order valence-corrected chi connectivity index (χ2v) is 9.99. The Bertz CT molecular complexity index is 1170. The van der Waals surface area contributed by atoms with Crippen LogP contribution in [0.15, 0.2) is 30.5 Å². The van der Waals surface area contributed by atoms with E-state index in [0.717, 1.165) is 47.2 Å². The zero-order valence-electron chi connectivity index (χ0n) is 22.9. The van der Waals surface area contributed by atoms with E-state index in [1.54, 1.807) is 6.92 Å². The molecule has 0 aliphatic heterocycles. The number of hydrogen-bond acceptors (Lipinski definition) is 4. The smallest absolute Gasteiger partial charge is 0.273 e. The van der Waals surface area contributed by atoms with E-state index in [4.69, 9.17) is 0 Å². The third-order valence-corrected chi connectivity index (χ3v) is 6.71. The number of aryl methyl sites for hydroxylation is 1. The highest BCUT2D eigenvalue weighted by molar-refractivity contribution is 5.54. The maximum absolute atomic E-state index is 15.0. The van der Waals surface area contributed by atoms with Crippen molar-refractivity contribution >= 4 is 18.0 Å². The molecule has 1 aromatic carbocycles. The van der Waals surface area contributed by atoms with Gasteiger partial charge in [0.25, 0.3) is 5.92 Å². The number of hydrogen-bond donors (Lipinski definition) is 1. The van der Waals surface area contributed by atoms with Gasteiger partial charge in [0.15, 0.2) is 5.82 Å². The van der Waals surface area contributed by atoms with E-state index in [9.17, 15) is 8.78 Å². The molecular weight excluding hydrogens is 461 g/mol. The summed E-state index contributed by atoms with van der Waals surface area (Å²) in [5.74, 6) is -3.13. The van der Waals surface area contributed by atoms with Crippen LogP contribution in [-0.4, -0.2) is 28.2 Å². The third kappa shape index (κ3) is 7.11. The minimum Gasteiger partial charge on any atom is -0.372 e. The van der Waals surface area contributed by atoms with Crippen LogP contribution in [0.2, 0.25) is 0 Å². The highest BCUT2D eigenvalue weighted by atomic mass is 19.3. The molecule has 0 bridgehead atoms. The maximum Gasteiger partial charge on any atom is 0.273 e. The standard InChI is InChI=1S/C29H41F3N4/c1-10-22(16-15-18(3)4)36(9)19(5)17-25-23(11-2)21(7)34-35-28(25)33-20(6)24-13-12-14-26(27(24)30)29(8,31)32/h11-14,17-18,20,22H,5,10,15-16H2,1-4,6-9H3,(H,33,35)/b23-11-,25-17+/t20-,22?/m1/s1. The highest BCUT2D eigenvalue weighted by Crippen LogP contribution is 2.32. The molecule has 0 aliphatic rings. The number of rotatable bonds is 11. The Kier molecular flexibility index (Phi) is 10.1. The average Bonchev–Trinajstić information content (AvgIpc) is 2.80. The van der Waals surface area contributed by atoms with E-state index in [0.29, 0.717) is 24.7 Å². The van der Waals surface area contributed by atoms with Crippen LogP contribution in [0, 0.1) is 18.7 Å². The number of benzene rings is 1. The van der Waals surface area contributed by atoms with Crippen molar-refractivity contribution in [3.8, 4) is 0 Å². The molecule has 2 rings (SSSR count). The van der Waals surface area contributed by atoms with Gasteiger partial charge in [-0.3, -0.25) is 0 Å². The number of anilines is 1. The minimum absolute atomic E-state index is 0.139. The number of alkyl halides is 2. The van der Waals surface area contributed by atoms with Gasteiger partial charge in [0.05, 0.1) is 17.3 Å². The molecule has 0 spiro atoms. The zero-order chi connectivity index (χ0) is 27.2. The Labute approximate surface area is 214 Å². The number of halogens is 3. The normalized spacial score (nSPS) is 14.8. The lowest BCUT2D eigenvalue weighted by Gasteiger charge is -2.30. The van der Waals surface area contributed by atoms with Crippen molar-refractivity contribution in [2.45, 2.75) is 85.7 Å². The summed E-state index contributed by atoms with van der Waals surface area (Å²) in [5, 5.41) is 13.5. The summed E-state index contributed by atoms with van der Waals surface area (Å²) < 4.78 is 42.8. The molecule has 4 nitrogen and oxygen atoms in total.